The fraction of sp³-hybridized carbons (Fsp3) is 0.154. The maximum absolute atomic E-state index is 11.1. The summed E-state index contributed by atoms with van der Waals surface area (Å²) in [5, 5.41) is 21.2. The normalized spacial score (nSPS) is 12.1. The van der Waals surface area contributed by atoms with Crippen molar-refractivity contribution in [3.63, 3.8) is 0 Å². The lowest BCUT2D eigenvalue weighted by Crippen LogP contribution is -1.96. The molecule has 1 aromatic heterocycles. The summed E-state index contributed by atoms with van der Waals surface area (Å²) in [7, 11) is 0. The zero-order chi connectivity index (χ0) is 13.8. The summed E-state index contributed by atoms with van der Waals surface area (Å²) in [4.78, 5) is 15.3. The number of nitro groups is 1. The third-order valence-corrected chi connectivity index (χ3v) is 3.53. The fourth-order valence-electron chi connectivity index (χ4n) is 1.54. The van der Waals surface area contributed by atoms with Gasteiger partial charge in [-0.05, 0) is 30.7 Å². The third-order valence-electron chi connectivity index (χ3n) is 2.51. The quantitative estimate of drug-likeness (QED) is 0.685. The van der Waals surface area contributed by atoms with E-state index in [1.54, 1.807) is 37.4 Å². The van der Waals surface area contributed by atoms with Crippen LogP contribution in [0.1, 0.15) is 18.6 Å². The maximum atomic E-state index is 11.1. The average molecular weight is 276 g/mol. The van der Waals surface area contributed by atoms with Crippen molar-refractivity contribution in [2.75, 3.05) is 0 Å². The van der Waals surface area contributed by atoms with Crippen molar-refractivity contribution in [2.24, 2.45) is 0 Å². The Morgan fingerprint density at radius 1 is 1.37 bits per heavy atom. The van der Waals surface area contributed by atoms with Gasteiger partial charge in [0.15, 0.2) is 0 Å². The summed E-state index contributed by atoms with van der Waals surface area (Å²) in [6.45, 7) is 1.57. The van der Waals surface area contributed by atoms with Gasteiger partial charge >= 0.3 is 0 Å². The number of nitrogens with zero attached hydrogens (tertiary/aromatic N) is 2. The van der Waals surface area contributed by atoms with Crippen molar-refractivity contribution in [1.82, 2.24) is 4.98 Å². The highest BCUT2D eigenvalue weighted by Gasteiger charge is 2.17. The van der Waals surface area contributed by atoms with Gasteiger partial charge in [-0.1, -0.05) is 23.9 Å². The van der Waals surface area contributed by atoms with Crippen molar-refractivity contribution in [3.8, 4) is 0 Å². The van der Waals surface area contributed by atoms with Gasteiger partial charge in [0.1, 0.15) is 5.03 Å². The minimum atomic E-state index is -0.729. The number of aliphatic hydroxyl groups excluding tert-OH is 1. The lowest BCUT2D eigenvalue weighted by atomic mass is 10.1. The Morgan fingerprint density at radius 2 is 2.16 bits per heavy atom. The summed E-state index contributed by atoms with van der Waals surface area (Å²) in [6.07, 6.45) is 0.908. The Morgan fingerprint density at radius 3 is 2.74 bits per heavy atom. The molecule has 0 radical (unpaired) electrons. The predicted molar refractivity (Wildman–Crippen MR) is 72.1 cm³/mol. The van der Waals surface area contributed by atoms with E-state index < -0.39 is 11.0 Å². The molecular weight excluding hydrogens is 264 g/mol. The highest BCUT2D eigenvalue weighted by atomic mass is 32.2. The Hall–Kier alpha value is -1.92. The summed E-state index contributed by atoms with van der Waals surface area (Å²) in [6, 6.07) is 10.1. The number of aromatic nitrogens is 1. The van der Waals surface area contributed by atoms with E-state index in [1.807, 2.05) is 6.07 Å². The van der Waals surface area contributed by atoms with Crippen LogP contribution in [0.3, 0.4) is 0 Å². The standard InChI is InChI=1S/C13H12N2O3S/c1-9(16)10-5-6-12(11(8-10)15(17)18)19-13-4-2-3-7-14-13/h2-9,16H,1H3. The van der Waals surface area contributed by atoms with E-state index in [1.165, 1.54) is 17.8 Å². The molecule has 0 aliphatic heterocycles. The molecule has 0 amide bonds. The van der Waals surface area contributed by atoms with E-state index in [0.717, 1.165) is 0 Å². The van der Waals surface area contributed by atoms with Crippen LogP contribution in [0.2, 0.25) is 0 Å². The van der Waals surface area contributed by atoms with Crippen molar-refractivity contribution in [3.05, 3.63) is 58.3 Å². The number of aliphatic hydroxyl groups is 1. The van der Waals surface area contributed by atoms with Gasteiger partial charge in [-0.2, -0.15) is 0 Å². The van der Waals surface area contributed by atoms with Gasteiger partial charge in [-0.15, -0.1) is 0 Å². The molecule has 1 aromatic carbocycles. The van der Waals surface area contributed by atoms with Gasteiger partial charge in [0, 0.05) is 12.3 Å². The van der Waals surface area contributed by atoms with Crippen LogP contribution in [0.15, 0.2) is 52.5 Å². The number of rotatable bonds is 4. The summed E-state index contributed by atoms with van der Waals surface area (Å²) < 4.78 is 0. The van der Waals surface area contributed by atoms with Crippen molar-refractivity contribution in [2.45, 2.75) is 22.9 Å². The summed E-state index contributed by atoms with van der Waals surface area (Å²) in [5.74, 6) is 0. The topological polar surface area (TPSA) is 76.3 Å². The van der Waals surface area contributed by atoms with E-state index in [2.05, 4.69) is 4.98 Å². The van der Waals surface area contributed by atoms with Gasteiger partial charge in [0.2, 0.25) is 0 Å². The van der Waals surface area contributed by atoms with Crippen LogP contribution in [-0.2, 0) is 0 Å². The molecule has 0 fully saturated rings. The molecule has 6 heteroatoms. The zero-order valence-corrected chi connectivity index (χ0v) is 11.0. The number of pyridine rings is 1. The average Bonchev–Trinajstić information content (AvgIpc) is 2.39. The van der Waals surface area contributed by atoms with Crippen molar-refractivity contribution in [1.29, 1.82) is 0 Å². The number of hydrogen-bond acceptors (Lipinski definition) is 5. The molecule has 0 aliphatic carbocycles. The molecule has 1 atom stereocenters. The van der Waals surface area contributed by atoms with E-state index in [9.17, 15) is 15.2 Å². The second-order valence-corrected chi connectivity index (χ2v) is 4.99. The summed E-state index contributed by atoms with van der Waals surface area (Å²) in [5.41, 5.74) is 0.506. The first-order valence-corrected chi connectivity index (χ1v) is 6.45. The molecule has 0 saturated heterocycles. The van der Waals surface area contributed by atoms with E-state index >= 15 is 0 Å². The zero-order valence-electron chi connectivity index (χ0n) is 10.2. The lowest BCUT2D eigenvalue weighted by Gasteiger charge is -2.07. The highest BCUT2D eigenvalue weighted by molar-refractivity contribution is 7.99. The molecule has 1 heterocycles. The fourth-order valence-corrected chi connectivity index (χ4v) is 2.40. The SMILES string of the molecule is CC(O)c1ccc(Sc2ccccn2)c([N+](=O)[O-])c1. The first-order valence-electron chi connectivity index (χ1n) is 5.63. The smallest absolute Gasteiger partial charge is 0.283 e. The molecule has 0 spiro atoms. The molecule has 0 bridgehead atoms. The second kappa shape index (κ2) is 5.81. The van der Waals surface area contributed by atoms with Crippen molar-refractivity contribution >= 4 is 17.4 Å². The molecule has 0 aliphatic rings. The largest absolute Gasteiger partial charge is 0.389 e. The first kappa shape index (κ1) is 13.5. The minimum absolute atomic E-state index is 0.0194. The highest BCUT2D eigenvalue weighted by Crippen LogP contribution is 2.35. The van der Waals surface area contributed by atoms with Gasteiger partial charge in [0.25, 0.3) is 5.69 Å². The van der Waals surface area contributed by atoms with Gasteiger partial charge < -0.3 is 5.11 Å². The molecule has 98 valence electrons. The van der Waals surface area contributed by atoms with Crippen LogP contribution in [0.25, 0.3) is 0 Å². The number of nitro benzene ring substituents is 1. The van der Waals surface area contributed by atoms with Crippen LogP contribution in [0.4, 0.5) is 5.69 Å². The monoisotopic (exact) mass is 276 g/mol. The van der Waals surface area contributed by atoms with Crippen LogP contribution >= 0.6 is 11.8 Å². The van der Waals surface area contributed by atoms with Crippen LogP contribution in [0, 0.1) is 10.1 Å². The number of hydrogen-bond donors (Lipinski definition) is 1. The maximum Gasteiger partial charge on any atom is 0.283 e. The summed E-state index contributed by atoms with van der Waals surface area (Å²) >= 11 is 1.23. The Balaban J connectivity index is 2.37. The predicted octanol–water partition coefficient (Wildman–Crippen LogP) is 3.19. The minimum Gasteiger partial charge on any atom is -0.389 e. The molecular formula is C13H12N2O3S. The van der Waals surface area contributed by atoms with E-state index in [4.69, 9.17) is 0 Å². The first-order chi connectivity index (χ1) is 9.08. The molecule has 0 saturated carbocycles. The van der Waals surface area contributed by atoms with E-state index in [0.29, 0.717) is 15.5 Å². The van der Waals surface area contributed by atoms with Crippen molar-refractivity contribution < 1.29 is 10.0 Å². The van der Waals surface area contributed by atoms with Crippen LogP contribution < -0.4 is 0 Å². The molecule has 2 rings (SSSR count). The Kier molecular flexibility index (Phi) is 4.13. The molecule has 1 unspecified atom stereocenters. The molecule has 19 heavy (non-hydrogen) atoms. The van der Waals surface area contributed by atoms with Crippen LogP contribution in [-0.4, -0.2) is 15.0 Å². The van der Waals surface area contributed by atoms with E-state index in [-0.39, 0.29) is 5.69 Å². The molecule has 2 aromatic rings. The molecule has 5 nitrogen and oxygen atoms in total. The number of benzene rings is 1. The van der Waals surface area contributed by atoms with Gasteiger partial charge in [-0.25, -0.2) is 4.98 Å². The van der Waals surface area contributed by atoms with Gasteiger partial charge in [0.05, 0.1) is 15.9 Å². The third kappa shape index (κ3) is 3.30. The van der Waals surface area contributed by atoms with Gasteiger partial charge in [-0.3, -0.25) is 10.1 Å². The Labute approximate surface area is 114 Å². The molecule has 1 N–H and O–H groups in total. The Bertz CT molecular complexity index is 588. The van der Waals surface area contributed by atoms with Crippen LogP contribution in [0.5, 0.6) is 0 Å². The second-order valence-electron chi connectivity index (χ2n) is 3.93. The lowest BCUT2D eigenvalue weighted by molar-refractivity contribution is -0.387.